The summed E-state index contributed by atoms with van der Waals surface area (Å²) >= 11 is 0. The fraction of sp³-hybridized carbons (Fsp3) is 0.588. The van der Waals surface area contributed by atoms with E-state index in [9.17, 15) is 8.42 Å². The molecule has 0 saturated carbocycles. The average Bonchev–Trinajstić information content (AvgIpc) is 2.50. The Bertz CT molecular complexity index is 679. The van der Waals surface area contributed by atoms with Gasteiger partial charge in [-0.3, -0.25) is 4.99 Å². The zero-order valence-corrected chi connectivity index (χ0v) is 15.4. The van der Waals surface area contributed by atoms with E-state index in [-0.39, 0.29) is 16.7 Å². The summed E-state index contributed by atoms with van der Waals surface area (Å²) < 4.78 is 24.6. The molecule has 1 N–H and O–H groups in total. The lowest BCUT2D eigenvalue weighted by Gasteiger charge is -2.62. The van der Waals surface area contributed by atoms with Gasteiger partial charge in [-0.15, -0.1) is 0 Å². The third kappa shape index (κ3) is 3.37. The fourth-order valence-electron chi connectivity index (χ4n) is 2.74. The van der Waals surface area contributed by atoms with E-state index in [1.54, 1.807) is 31.3 Å². The summed E-state index contributed by atoms with van der Waals surface area (Å²) in [4.78, 5) is 6.86. The highest BCUT2D eigenvalue weighted by Crippen LogP contribution is 2.46. The van der Waals surface area contributed by atoms with Crippen LogP contribution in [-0.4, -0.2) is 50.7 Å². The predicted molar refractivity (Wildman–Crippen MR) is 94.4 cm³/mol. The van der Waals surface area contributed by atoms with Crippen LogP contribution in [-0.2, 0) is 9.84 Å². The molecule has 0 bridgehead atoms. The molecule has 5 nitrogen and oxygen atoms in total. The van der Waals surface area contributed by atoms with Gasteiger partial charge in [-0.05, 0) is 26.0 Å². The number of nitrogens with one attached hydrogen (secondary N) is 1. The Hall–Kier alpha value is -1.56. The van der Waals surface area contributed by atoms with Crippen molar-refractivity contribution in [1.29, 1.82) is 0 Å². The summed E-state index contributed by atoms with van der Waals surface area (Å²) in [5.41, 5.74) is 0.202. The first-order valence-corrected chi connectivity index (χ1v) is 9.53. The Morgan fingerprint density at radius 2 is 1.83 bits per heavy atom. The van der Waals surface area contributed by atoms with Crippen molar-refractivity contribution in [3.8, 4) is 0 Å². The molecule has 0 unspecified atom stereocenters. The lowest BCUT2D eigenvalue weighted by atomic mass is 9.65. The second-order valence-electron chi connectivity index (χ2n) is 7.13. The van der Waals surface area contributed by atoms with Gasteiger partial charge in [0, 0.05) is 31.1 Å². The molecule has 0 radical (unpaired) electrons. The first-order chi connectivity index (χ1) is 10.6. The topological polar surface area (TPSA) is 61.8 Å². The maximum Gasteiger partial charge on any atom is 0.194 e. The summed E-state index contributed by atoms with van der Waals surface area (Å²) in [6, 6.07) is 8.55. The maximum atomic E-state index is 12.3. The molecule has 1 saturated heterocycles. The van der Waals surface area contributed by atoms with Crippen LogP contribution in [0.15, 0.2) is 40.2 Å². The fourth-order valence-corrected chi connectivity index (χ4v) is 3.92. The van der Waals surface area contributed by atoms with Crippen LogP contribution in [0, 0.1) is 5.41 Å². The van der Waals surface area contributed by atoms with E-state index in [0.717, 1.165) is 12.5 Å². The van der Waals surface area contributed by atoms with Gasteiger partial charge in [0.15, 0.2) is 15.8 Å². The molecule has 6 heteroatoms. The molecule has 2 rings (SSSR count). The minimum Gasteiger partial charge on any atom is -0.355 e. The molecule has 1 fully saturated rings. The Labute approximate surface area is 139 Å². The molecule has 0 spiro atoms. The van der Waals surface area contributed by atoms with Crippen molar-refractivity contribution in [2.75, 3.05) is 25.9 Å². The first-order valence-electron chi connectivity index (χ1n) is 7.88. The van der Waals surface area contributed by atoms with E-state index in [4.69, 9.17) is 0 Å². The van der Waals surface area contributed by atoms with Crippen molar-refractivity contribution in [3.63, 3.8) is 0 Å². The Balaban J connectivity index is 1.96. The number of hydrogen-bond donors (Lipinski definition) is 1. The highest BCUT2D eigenvalue weighted by Gasteiger charge is 2.53. The van der Waals surface area contributed by atoms with Crippen LogP contribution in [0.4, 0.5) is 0 Å². The van der Waals surface area contributed by atoms with Gasteiger partial charge in [0.25, 0.3) is 0 Å². The van der Waals surface area contributed by atoms with Crippen LogP contribution in [0.25, 0.3) is 0 Å². The van der Waals surface area contributed by atoms with E-state index in [1.807, 2.05) is 6.07 Å². The van der Waals surface area contributed by atoms with Gasteiger partial charge >= 0.3 is 0 Å². The van der Waals surface area contributed by atoms with Gasteiger partial charge in [-0.1, -0.05) is 32.0 Å². The van der Waals surface area contributed by atoms with Crippen molar-refractivity contribution in [2.45, 2.75) is 38.1 Å². The van der Waals surface area contributed by atoms with Gasteiger partial charge in [0.1, 0.15) is 0 Å². The largest absolute Gasteiger partial charge is 0.355 e. The van der Waals surface area contributed by atoms with E-state index in [2.05, 4.69) is 42.9 Å². The molecular weight excluding hydrogens is 310 g/mol. The van der Waals surface area contributed by atoms with Crippen LogP contribution in [0.1, 0.15) is 27.7 Å². The van der Waals surface area contributed by atoms with Gasteiger partial charge in [-0.2, -0.15) is 0 Å². The van der Waals surface area contributed by atoms with Crippen molar-refractivity contribution in [2.24, 2.45) is 10.4 Å². The lowest BCUT2D eigenvalue weighted by molar-refractivity contribution is -0.0666. The smallest absolute Gasteiger partial charge is 0.194 e. The van der Waals surface area contributed by atoms with Crippen LogP contribution < -0.4 is 5.32 Å². The van der Waals surface area contributed by atoms with E-state index >= 15 is 0 Å². The molecule has 128 valence electrons. The van der Waals surface area contributed by atoms with E-state index in [0.29, 0.717) is 11.4 Å². The third-order valence-electron chi connectivity index (χ3n) is 5.11. The Kier molecular flexibility index (Phi) is 4.76. The van der Waals surface area contributed by atoms with Crippen LogP contribution in [0.5, 0.6) is 0 Å². The number of benzene rings is 1. The number of aliphatic imine (C=N–C) groups is 1. The summed E-state index contributed by atoms with van der Waals surface area (Å²) in [7, 11) is -1.53. The van der Waals surface area contributed by atoms with Crippen LogP contribution in [0.3, 0.4) is 0 Å². The first kappa shape index (κ1) is 17.8. The summed E-state index contributed by atoms with van der Waals surface area (Å²) in [6.45, 7) is 10.1. The quantitative estimate of drug-likeness (QED) is 0.675. The third-order valence-corrected chi connectivity index (χ3v) is 6.84. The molecule has 1 aliphatic heterocycles. The number of likely N-dealkylation sites (tertiary alicyclic amines) is 1. The molecule has 0 atom stereocenters. The van der Waals surface area contributed by atoms with Crippen molar-refractivity contribution < 1.29 is 8.42 Å². The molecule has 0 amide bonds. The van der Waals surface area contributed by atoms with Gasteiger partial charge in [0.05, 0.1) is 10.6 Å². The highest BCUT2D eigenvalue weighted by molar-refractivity contribution is 7.91. The second kappa shape index (κ2) is 6.15. The highest BCUT2D eigenvalue weighted by atomic mass is 32.2. The molecule has 1 aromatic carbocycles. The summed E-state index contributed by atoms with van der Waals surface area (Å²) in [5.74, 6) is 0.811. The molecule has 23 heavy (non-hydrogen) atoms. The molecular formula is C17H27N3O2S. The minimum atomic E-state index is -3.27. The Morgan fingerprint density at radius 1 is 1.22 bits per heavy atom. The molecule has 0 aromatic heterocycles. The van der Waals surface area contributed by atoms with Crippen LogP contribution >= 0.6 is 0 Å². The molecule has 1 aliphatic rings. The number of nitrogens with zero attached hydrogens (tertiary/aromatic N) is 2. The lowest BCUT2D eigenvalue weighted by Crippen LogP contribution is -2.72. The number of sulfone groups is 1. The van der Waals surface area contributed by atoms with Crippen LogP contribution in [0.2, 0.25) is 0 Å². The second-order valence-corrected chi connectivity index (χ2v) is 9.24. The van der Waals surface area contributed by atoms with Crippen molar-refractivity contribution in [3.05, 3.63) is 30.3 Å². The zero-order valence-electron chi connectivity index (χ0n) is 14.6. The van der Waals surface area contributed by atoms with Crippen molar-refractivity contribution in [1.82, 2.24) is 10.2 Å². The maximum absolute atomic E-state index is 12.3. The normalized spacial score (nSPS) is 20.0. The van der Waals surface area contributed by atoms with Gasteiger partial charge in [-0.25, -0.2) is 8.42 Å². The Morgan fingerprint density at radius 3 is 2.30 bits per heavy atom. The zero-order chi connectivity index (χ0) is 17.3. The number of guanidine groups is 1. The number of rotatable bonds is 4. The minimum absolute atomic E-state index is 0.00680. The average molecular weight is 337 g/mol. The molecule has 0 aliphatic carbocycles. The number of hydrogen-bond acceptors (Lipinski definition) is 3. The molecule has 1 aromatic rings. The SMILES string of the molecule is CN=C(NCCS(=O)(=O)c1ccccc1)N1CC(C)(C)C1(C)C. The van der Waals surface area contributed by atoms with E-state index < -0.39 is 9.84 Å². The summed E-state index contributed by atoms with van der Waals surface area (Å²) in [5, 5.41) is 3.19. The van der Waals surface area contributed by atoms with Gasteiger partial charge < -0.3 is 10.2 Å². The standard InChI is InChI=1S/C17H27N3O2S/c1-16(2)13-20(17(16,3)4)15(18-5)19-11-12-23(21,22)14-9-7-6-8-10-14/h6-10H,11-13H2,1-5H3,(H,18,19). The van der Waals surface area contributed by atoms with E-state index in [1.165, 1.54) is 0 Å². The van der Waals surface area contributed by atoms with Crippen molar-refractivity contribution >= 4 is 15.8 Å². The summed E-state index contributed by atoms with van der Waals surface area (Å²) in [6.07, 6.45) is 0. The predicted octanol–water partition coefficient (Wildman–Crippen LogP) is 2.16. The molecule has 1 heterocycles. The van der Waals surface area contributed by atoms with Gasteiger partial charge in [0.2, 0.25) is 0 Å². The monoisotopic (exact) mass is 337 g/mol.